The highest BCUT2D eigenvalue weighted by Gasteiger charge is 2.32. The highest BCUT2D eigenvalue weighted by atomic mass is 19.1. The molecule has 1 aliphatic heterocycles. The third kappa shape index (κ3) is 3.23. The molecule has 154 valence electrons. The number of benzene rings is 2. The Bertz CT molecular complexity index is 1230. The van der Waals surface area contributed by atoms with Gasteiger partial charge < -0.3 is 9.42 Å². The van der Waals surface area contributed by atoms with E-state index in [0.29, 0.717) is 12.4 Å². The molecule has 7 nitrogen and oxygen atoms in total. The van der Waals surface area contributed by atoms with E-state index < -0.39 is 0 Å². The number of imidazole rings is 1. The van der Waals surface area contributed by atoms with Gasteiger partial charge in [0.15, 0.2) is 0 Å². The molecule has 1 saturated heterocycles. The molecular formula is C22H22FN5O2. The van der Waals surface area contributed by atoms with Crippen molar-refractivity contribution in [3.05, 3.63) is 76.3 Å². The molecular weight excluding hydrogens is 385 g/mol. The van der Waals surface area contributed by atoms with Crippen molar-refractivity contribution in [1.29, 1.82) is 0 Å². The number of para-hydroxylation sites is 2. The fraction of sp³-hybridized carbons (Fsp3) is 0.318. The van der Waals surface area contributed by atoms with Gasteiger partial charge >= 0.3 is 5.69 Å². The van der Waals surface area contributed by atoms with E-state index in [0.717, 1.165) is 42.7 Å². The average molecular weight is 407 g/mol. The van der Waals surface area contributed by atoms with Crippen molar-refractivity contribution >= 4 is 11.0 Å². The normalized spacial score (nSPS) is 15.0. The van der Waals surface area contributed by atoms with Crippen LogP contribution in [-0.4, -0.2) is 43.8 Å². The van der Waals surface area contributed by atoms with E-state index in [1.165, 1.54) is 16.7 Å². The van der Waals surface area contributed by atoms with Crippen LogP contribution < -0.4 is 5.69 Å². The summed E-state index contributed by atoms with van der Waals surface area (Å²) in [6.45, 7) is 5.06. The first-order valence-corrected chi connectivity index (χ1v) is 10.1. The van der Waals surface area contributed by atoms with Crippen LogP contribution in [0.5, 0.6) is 0 Å². The SMILES string of the molecule is CCn1c(=O)n(-c2noc(C3CN(CCc4ccc(F)cc4)C3)n2)c2ccccc21. The molecule has 0 unspecified atom stereocenters. The zero-order chi connectivity index (χ0) is 20.7. The summed E-state index contributed by atoms with van der Waals surface area (Å²) in [6, 6.07) is 14.2. The van der Waals surface area contributed by atoms with E-state index in [1.807, 2.05) is 43.3 Å². The van der Waals surface area contributed by atoms with Gasteiger partial charge in [0.25, 0.3) is 5.95 Å². The molecule has 0 saturated carbocycles. The molecule has 0 spiro atoms. The van der Waals surface area contributed by atoms with Crippen molar-refractivity contribution in [3.8, 4) is 5.95 Å². The van der Waals surface area contributed by atoms with Gasteiger partial charge in [0.2, 0.25) is 5.89 Å². The summed E-state index contributed by atoms with van der Waals surface area (Å²) in [6.07, 6.45) is 0.869. The number of aryl methyl sites for hydroxylation is 1. The van der Waals surface area contributed by atoms with Crippen LogP contribution in [0.15, 0.2) is 57.8 Å². The highest BCUT2D eigenvalue weighted by Crippen LogP contribution is 2.27. The summed E-state index contributed by atoms with van der Waals surface area (Å²) in [4.78, 5) is 19.7. The van der Waals surface area contributed by atoms with Crippen LogP contribution in [0.3, 0.4) is 0 Å². The van der Waals surface area contributed by atoms with Crippen molar-refractivity contribution < 1.29 is 8.91 Å². The second kappa shape index (κ2) is 7.53. The minimum Gasteiger partial charge on any atom is -0.337 e. The molecule has 2 aromatic carbocycles. The molecule has 1 aliphatic rings. The molecule has 0 amide bonds. The molecule has 0 atom stereocenters. The Balaban J connectivity index is 1.28. The van der Waals surface area contributed by atoms with Gasteiger partial charge in [-0.05, 0) is 48.3 Å². The predicted molar refractivity (Wildman–Crippen MR) is 110 cm³/mol. The van der Waals surface area contributed by atoms with Crippen LogP contribution in [-0.2, 0) is 13.0 Å². The lowest BCUT2D eigenvalue weighted by Crippen LogP contribution is -2.45. The van der Waals surface area contributed by atoms with Crippen LogP contribution in [0.25, 0.3) is 17.0 Å². The van der Waals surface area contributed by atoms with Gasteiger partial charge in [0.05, 0.1) is 17.0 Å². The molecule has 1 fully saturated rings. The maximum Gasteiger partial charge on any atom is 0.336 e. The van der Waals surface area contributed by atoms with Crippen molar-refractivity contribution in [2.75, 3.05) is 19.6 Å². The number of aromatic nitrogens is 4. The summed E-state index contributed by atoms with van der Waals surface area (Å²) in [5.74, 6) is 0.789. The van der Waals surface area contributed by atoms with E-state index in [4.69, 9.17) is 4.52 Å². The molecule has 30 heavy (non-hydrogen) atoms. The predicted octanol–water partition coefficient (Wildman–Crippen LogP) is 2.98. The zero-order valence-electron chi connectivity index (χ0n) is 16.7. The number of rotatable bonds is 6. The van der Waals surface area contributed by atoms with Gasteiger partial charge in [0, 0.05) is 26.2 Å². The summed E-state index contributed by atoms with van der Waals surface area (Å²) in [5.41, 5.74) is 2.57. The molecule has 4 aromatic rings. The Kier molecular flexibility index (Phi) is 4.71. The van der Waals surface area contributed by atoms with Crippen molar-refractivity contribution in [2.45, 2.75) is 25.8 Å². The van der Waals surface area contributed by atoms with Crippen LogP contribution in [0.1, 0.15) is 24.3 Å². The van der Waals surface area contributed by atoms with Gasteiger partial charge in [-0.3, -0.25) is 4.57 Å². The fourth-order valence-electron chi connectivity index (χ4n) is 4.04. The molecule has 0 bridgehead atoms. The first kappa shape index (κ1) is 18.7. The van der Waals surface area contributed by atoms with Gasteiger partial charge in [-0.2, -0.15) is 4.98 Å². The second-order valence-corrected chi connectivity index (χ2v) is 7.62. The standard InChI is InChI=1S/C22H22FN5O2/c1-2-27-18-5-3-4-6-19(18)28(22(27)29)21-24-20(30-25-21)16-13-26(14-16)12-11-15-7-9-17(23)10-8-15/h3-10,16H,2,11-14H2,1H3. The molecule has 5 rings (SSSR count). The molecule has 0 aliphatic carbocycles. The molecule has 8 heteroatoms. The van der Waals surface area contributed by atoms with Gasteiger partial charge in [-0.15, -0.1) is 0 Å². The number of likely N-dealkylation sites (tertiary alicyclic amines) is 1. The van der Waals surface area contributed by atoms with Crippen molar-refractivity contribution in [1.82, 2.24) is 24.2 Å². The van der Waals surface area contributed by atoms with E-state index in [9.17, 15) is 9.18 Å². The second-order valence-electron chi connectivity index (χ2n) is 7.62. The summed E-state index contributed by atoms with van der Waals surface area (Å²) < 4.78 is 21.7. The lowest BCUT2D eigenvalue weighted by Gasteiger charge is -2.37. The van der Waals surface area contributed by atoms with Crippen molar-refractivity contribution in [2.24, 2.45) is 0 Å². The van der Waals surface area contributed by atoms with Gasteiger partial charge in [-0.1, -0.05) is 24.3 Å². The summed E-state index contributed by atoms with van der Waals surface area (Å²) in [7, 11) is 0. The van der Waals surface area contributed by atoms with E-state index in [-0.39, 0.29) is 23.4 Å². The lowest BCUT2D eigenvalue weighted by atomic mass is 9.99. The zero-order valence-corrected chi connectivity index (χ0v) is 16.7. The molecule has 2 aromatic heterocycles. The molecule has 0 N–H and O–H groups in total. The minimum absolute atomic E-state index is 0.162. The van der Waals surface area contributed by atoms with E-state index >= 15 is 0 Å². The fourth-order valence-corrected chi connectivity index (χ4v) is 4.04. The lowest BCUT2D eigenvalue weighted by molar-refractivity contribution is 0.127. The Morgan fingerprint density at radius 1 is 1.10 bits per heavy atom. The maximum absolute atomic E-state index is 13.0. The average Bonchev–Trinajstić information content (AvgIpc) is 3.29. The van der Waals surface area contributed by atoms with E-state index in [2.05, 4.69) is 15.0 Å². The molecule has 0 radical (unpaired) electrons. The van der Waals surface area contributed by atoms with Crippen LogP contribution in [0.4, 0.5) is 4.39 Å². The number of halogens is 1. The monoisotopic (exact) mass is 407 g/mol. The number of hydrogen-bond donors (Lipinski definition) is 0. The van der Waals surface area contributed by atoms with Gasteiger partial charge in [-0.25, -0.2) is 13.8 Å². The number of hydrogen-bond acceptors (Lipinski definition) is 5. The Morgan fingerprint density at radius 3 is 2.57 bits per heavy atom. The first-order chi connectivity index (χ1) is 14.6. The number of nitrogens with zero attached hydrogens (tertiary/aromatic N) is 5. The summed E-state index contributed by atoms with van der Waals surface area (Å²) >= 11 is 0. The van der Waals surface area contributed by atoms with Crippen molar-refractivity contribution in [3.63, 3.8) is 0 Å². The van der Waals surface area contributed by atoms with Crippen LogP contribution in [0.2, 0.25) is 0 Å². The Labute approximate surface area is 172 Å². The third-order valence-corrected chi connectivity index (χ3v) is 5.72. The third-order valence-electron chi connectivity index (χ3n) is 5.72. The van der Waals surface area contributed by atoms with Crippen LogP contribution >= 0.6 is 0 Å². The maximum atomic E-state index is 13.0. The largest absolute Gasteiger partial charge is 0.337 e. The Hall–Kier alpha value is -3.26. The summed E-state index contributed by atoms with van der Waals surface area (Å²) in [5, 5.41) is 4.08. The van der Waals surface area contributed by atoms with Crippen LogP contribution in [0, 0.1) is 5.82 Å². The smallest absolute Gasteiger partial charge is 0.336 e. The van der Waals surface area contributed by atoms with Gasteiger partial charge in [0.1, 0.15) is 5.82 Å². The quantitative estimate of drug-likeness (QED) is 0.492. The van der Waals surface area contributed by atoms with E-state index in [1.54, 1.807) is 4.57 Å². The topological polar surface area (TPSA) is 69.1 Å². The first-order valence-electron chi connectivity index (χ1n) is 10.1. The minimum atomic E-state index is -0.212. The highest BCUT2D eigenvalue weighted by molar-refractivity contribution is 5.77. The molecule has 3 heterocycles. The number of fused-ring (bicyclic) bond motifs is 1. The Morgan fingerprint density at radius 2 is 1.83 bits per heavy atom.